The molecule has 0 aliphatic carbocycles. The number of benzene rings is 1. The predicted octanol–water partition coefficient (Wildman–Crippen LogP) is 3.38. The smallest absolute Gasteiger partial charge is 0.167 e. The van der Waals surface area contributed by atoms with Crippen molar-refractivity contribution in [1.29, 1.82) is 0 Å². The van der Waals surface area contributed by atoms with Crippen LogP contribution in [-0.4, -0.2) is 30.8 Å². The Labute approximate surface area is 109 Å². The first-order valence-electron chi connectivity index (χ1n) is 6.26. The first kappa shape index (κ1) is 14.8. The molecule has 0 aliphatic heterocycles. The second-order valence-corrected chi connectivity index (χ2v) is 5.95. The lowest BCUT2D eigenvalue weighted by Gasteiger charge is -2.26. The van der Waals surface area contributed by atoms with E-state index >= 15 is 0 Å². The lowest BCUT2D eigenvalue weighted by atomic mass is 9.96. The Morgan fingerprint density at radius 2 is 1.89 bits per heavy atom. The standard InChI is InChI=1S/C15H22FNO/c1-15(2,3)11-17(4)10-9-14(18)12-7-5-6-8-13(12)16/h5-8H,9-11H2,1-4H3. The van der Waals surface area contributed by atoms with E-state index in [2.05, 4.69) is 25.7 Å². The van der Waals surface area contributed by atoms with Crippen molar-refractivity contribution in [3.8, 4) is 0 Å². The van der Waals surface area contributed by atoms with Crippen LogP contribution in [0.2, 0.25) is 0 Å². The van der Waals surface area contributed by atoms with Crippen molar-refractivity contribution in [2.75, 3.05) is 20.1 Å². The number of halogens is 1. The van der Waals surface area contributed by atoms with Crippen molar-refractivity contribution < 1.29 is 9.18 Å². The van der Waals surface area contributed by atoms with Crippen molar-refractivity contribution >= 4 is 5.78 Å². The first-order chi connectivity index (χ1) is 8.29. The fraction of sp³-hybridized carbons (Fsp3) is 0.533. The highest BCUT2D eigenvalue weighted by molar-refractivity contribution is 5.96. The second-order valence-electron chi connectivity index (χ2n) is 5.95. The van der Waals surface area contributed by atoms with E-state index < -0.39 is 5.82 Å². The van der Waals surface area contributed by atoms with E-state index in [4.69, 9.17) is 0 Å². The zero-order chi connectivity index (χ0) is 13.8. The van der Waals surface area contributed by atoms with Gasteiger partial charge in [-0.1, -0.05) is 32.9 Å². The van der Waals surface area contributed by atoms with Crippen molar-refractivity contribution in [1.82, 2.24) is 4.90 Å². The lowest BCUT2D eigenvalue weighted by molar-refractivity contribution is 0.0957. The monoisotopic (exact) mass is 251 g/mol. The van der Waals surface area contributed by atoms with Gasteiger partial charge in [0.25, 0.3) is 0 Å². The Morgan fingerprint density at radius 1 is 1.28 bits per heavy atom. The number of rotatable bonds is 5. The van der Waals surface area contributed by atoms with Gasteiger partial charge in [-0.3, -0.25) is 4.79 Å². The SMILES string of the molecule is CN(CCC(=O)c1ccccc1F)CC(C)(C)C. The average molecular weight is 251 g/mol. The number of carbonyl (C=O) groups is 1. The topological polar surface area (TPSA) is 20.3 Å². The molecule has 0 aliphatic rings. The Balaban J connectivity index is 2.50. The van der Waals surface area contributed by atoms with Crippen molar-refractivity contribution in [3.05, 3.63) is 35.6 Å². The number of nitrogens with zero attached hydrogens (tertiary/aromatic N) is 1. The van der Waals surface area contributed by atoms with Gasteiger partial charge in [0.15, 0.2) is 5.78 Å². The van der Waals surface area contributed by atoms with Crippen LogP contribution in [0.3, 0.4) is 0 Å². The lowest BCUT2D eigenvalue weighted by Crippen LogP contribution is -2.31. The number of carbonyl (C=O) groups excluding carboxylic acids is 1. The van der Waals surface area contributed by atoms with Crippen molar-refractivity contribution in [2.45, 2.75) is 27.2 Å². The summed E-state index contributed by atoms with van der Waals surface area (Å²) < 4.78 is 13.4. The Hall–Kier alpha value is -1.22. The minimum absolute atomic E-state index is 0.131. The van der Waals surface area contributed by atoms with Crippen LogP contribution in [0.25, 0.3) is 0 Å². The molecule has 0 amide bonds. The number of hydrogen-bond acceptors (Lipinski definition) is 2. The molecular weight excluding hydrogens is 229 g/mol. The molecule has 3 heteroatoms. The van der Waals surface area contributed by atoms with Gasteiger partial charge in [-0.25, -0.2) is 4.39 Å². The van der Waals surface area contributed by atoms with Crippen LogP contribution in [0.1, 0.15) is 37.6 Å². The molecule has 0 fully saturated rings. The molecule has 18 heavy (non-hydrogen) atoms. The van der Waals surface area contributed by atoms with E-state index in [0.717, 1.165) is 6.54 Å². The van der Waals surface area contributed by atoms with Crippen LogP contribution in [0, 0.1) is 11.2 Å². The van der Waals surface area contributed by atoms with Crippen LogP contribution in [-0.2, 0) is 0 Å². The summed E-state index contributed by atoms with van der Waals surface area (Å²) in [6.07, 6.45) is 0.355. The summed E-state index contributed by atoms with van der Waals surface area (Å²) in [5.41, 5.74) is 0.400. The maximum Gasteiger partial charge on any atom is 0.167 e. The molecule has 0 heterocycles. The van der Waals surface area contributed by atoms with Gasteiger partial charge in [0.05, 0.1) is 5.56 Å². The zero-order valence-electron chi connectivity index (χ0n) is 11.7. The van der Waals surface area contributed by atoms with Gasteiger partial charge in [-0.15, -0.1) is 0 Å². The third-order valence-electron chi connectivity index (χ3n) is 2.64. The highest BCUT2D eigenvalue weighted by Gasteiger charge is 2.15. The van der Waals surface area contributed by atoms with Crippen molar-refractivity contribution in [3.63, 3.8) is 0 Å². The molecule has 0 aromatic heterocycles. The predicted molar refractivity (Wildman–Crippen MR) is 72.3 cm³/mol. The highest BCUT2D eigenvalue weighted by atomic mass is 19.1. The molecule has 0 saturated carbocycles. The van der Waals surface area contributed by atoms with Gasteiger partial charge in [0.2, 0.25) is 0 Å². The summed E-state index contributed by atoms with van der Waals surface area (Å²) in [7, 11) is 1.99. The van der Waals surface area contributed by atoms with E-state index in [1.54, 1.807) is 18.2 Å². The molecule has 0 unspecified atom stereocenters. The Kier molecular flexibility index (Phi) is 5.03. The molecule has 1 rings (SSSR count). The minimum Gasteiger partial charge on any atom is -0.305 e. The fourth-order valence-electron chi connectivity index (χ4n) is 2.00. The summed E-state index contributed by atoms with van der Waals surface area (Å²) in [6, 6.07) is 6.15. The van der Waals surface area contributed by atoms with Crippen molar-refractivity contribution in [2.24, 2.45) is 5.41 Å². The van der Waals surface area contributed by atoms with Gasteiger partial charge < -0.3 is 4.90 Å². The van der Waals surface area contributed by atoms with Crippen LogP contribution < -0.4 is 0 Å². The number of Topliss-reactive ketones (excluding diaryl/α,β-unsaturated/α-hetero) is 1. The molecule has 2 nitrogen and oxygen atoms in total. The molecule has 1 aromatic carbocycles. The number of hydrogen-bond donors (Lipinski definition) is 0. The summed E-state index contributed by atoms with van der Waals surface area (Å²) >= 11 is 0. The molecule has 0 N–H and O–H groups in total. The molecule has 0 spiro atoms. The molecule has 0 saturated heterocycles. The minimum atomic E-state index is -0.430. The summed E-state index contributed by atoms with van der Waals surface area (Å²) in [5, 5.41) is 0. The van der Waals surface area contributed by atoms with E-state index in [0.29, 0.717) is 13.0 Å². The average Bonchev–Trinajstić information content (AvgIpc) is 2.24. The molecule has 0 bridgehead atoms. The van der Waals surface area contributed by atoms with E-state index in [1.807, 2.05) is 7.05 Å². The van der Waals surface area contributed by atoms with E-state index in [-0.39, 0.29) is 16.8 Å². The summed E-state index contributed by atoms with van der Waals surface area (Å²) in [5.74, 6) is -0.560. The quantitative estimate of drug-likeness (QED) is 0.748. The van der Waals surface area contributed by atoms with E-state index in [1.165, 1.54) is 6.07 Å². The van der Waals surface area contributed by atoms with E-state index in [9.17, 15) is 9.18 Å². The third kappa shape index (κ3) is 4.96. The van der Waals surface area contributed by atoms with Crippen LogP contribution in [0.15, 0.2) is 24.3 Å². The Morgan fingerprint density at radius 3 is 2.44 bits per heavy atom. The largest absolute Gasteiger partial charge is 0.305 e. The normalized spacial score (nSPS) is 11.9. The Bertz CT molecular complexity index is 409. The summed E-state index contributed by atoms with van der Waals surface area (Å²) in [4.78, 5) is 14.0. The van der Waals surface area contributed by atoms with Gasteiger partial charge in [-0.2, -0.15) is 0 Å². The first-order valence-corrected chi connectivity index (χ1v) is 6.26. The fourth-order valence-corrected chi connectivity index (χ4v) is 2.00. The van der Waals surface area contributed by atoms with Gasteiger partial charge in [-0.05, 0) is 24.6 Å². The van der Waals surface area contributed by atoms with Crippen LogP contribution in [0.4, 0.5) is 4.39 Å². The van der Waals surface area contributed by atoms with Crippen LogP contribution in [0.5, 0.6) is 0 Å². The highest BCUT2D eigenvalue weighted by Crippen LogP contribution is 2.15. The molecule has 1 aromatic rings. The van der Waals surface area contributed by atoms with Gasteiger partial charge in [0, 0.05) is 19.5 Å². The summed E-state index contributed by atoms with van der Waals surface area (Å²) in [6.45, 7) is 8.04. The zero-order valence-corrected chi connectivity index (χ0v) is 11.7. The molecule has 0 atom stereocenters. The third-order valence-corrected chi connectivity index (χ3v) is 2.64. The molecule has 100 valence electrons. The second kappa shape index (κ2) is 6.10. The molecule has 0 radical (unpaired) electrons. The number of ketones is 1. The molecular formula is C15H22FNO. The van der Waals surface area contributed by atoms with Gasteiger partial charge in [0.1, 0.15) is 5.82 Å². The van der Waals surface area contributed by atoms with Crippen LogP contribution >= 0.6 is 0 Å². The maximum absolute atomic E-state index is 13.4. The van der Waals surface area contributed by atoms with Gasteiger partial charge >= 0.3 is 0 Å². The maximum atomic E-state index is 13.4.